The van der Waals surface area contributed by atoms with Gasteiger partial charge in [0.05, 0.1) is 18.8 Å². The first kappa shape index (κ1) is 17.4. The van der Waals surface area contributed by atoms with Crippen molar-refractivity contribution >= 4 is 5.91 Å². The van der Waals surface area contributed by atoms with Crippen molar-refractivity contribution in [3.63, 3.8) is 0 Å². The predicted molar refractivity (Wildman–Crippen MR) is 91.0 cm³/mol. The zero-order chi connectivity index (χ0) is 17.9. The third-order valence-electron chi connectivity index (χ3n) is 4.14. The van der Waals surface area contributed by atoms with Crippen LogP contribution in [0.4, 0.5) is 4.39 Å². The molecule has 5 nitrogen and oxygen atoms in total. The number of nitrogens with one attached hydrogen (secondary N) is 1. The number of ether oxygens (including phenoxy) is 2. The van der Waals surface area contributed by atoms with Crippen molar-refractivity contribution < 1.29 is 18.7 Å². The van der Waals surface area contributed by atoms with E-state index in [0.29, 0.717) is 30.2 Å². The molecule has 0 aliphatic carbocycles. The highest BCUT2D eigenvalue weighted by Crippen LogP contribution is 2.22. The molecule has 0 saturated carbocycles. The standard InChI is InChI=1S/C19H21FN2O3/c1-19(2,14-4-3-5-15(20)11-14)22-18(23)13-6-8-21-17(10-13)25-16-7-9-24-12-16/h3-6,8,10-11,16H,7,9,12H2,1-2H3,(H,22,23). The van der Waals surface area contributed by atoms with Crippen LogP contribution in [0.15, 0.2) is 42.6 Å². The second kappa shape index (κ2) is 7.19. The van der Waals surface area contributed by atoms with Gasteiger partial charge in [0.1, 0.15) is 11.9 Å². The van der Waals surface area contributed by atoms with Gasteiger partial charge in [-0.05, 0) is 37.6 Å². The fraction of sp³-hybridized carbons (Fsp3) is 0.368. The monoisotopic (exact) mass is 344 g/mol. The number of nitrogens with zero attached hydrogens (tertiary/aromatic N) is 1. The smallest absolute Gasteiger partial charge is 0.252 e. The van der Waals surface area contributed by atoms with Gasteiger partial charge in [-0.3, -0.25) is 4.79 Å². The van der Waals surface area contributed by atoms with E-state index in [1.54, 1.807) is 24.3 Å². The first-order valence-corrected chi connectivity index (χ1v) is 8.23. The summed E-state index contributed by atoms with van der Waals surface area (Å²) in [6.07, 6.45) is 2.31. The molecule has 0 spiro atoms. The van der Waals surface area contributed by atoms with Gasteiger partial charge in [0.2, 0.25) is 5.88 Å². The van der Waals surface area contributed by atoms with Crippen molar-refractivity contribution in [2.45, 2.75) is 31.9 Å². The minimum absolute atomic E-state index is 0.0328. The average Bonchev–Trinajstić information content (AvgIpc) is 3.08. The van der Waals surface area contributed by atoms with Crippen LogP contribution in [-0.2, 0) is 10.3 Å². The zero-order valence-corrected chi connectivity index (χ0v) is 14.3. The summed E-state index contributed by atoms with van der Waals surface area (Å²) in [6, 6.07) is 9.43. The van der Waals surface area contributed by atoms with Crippen molar-refractivity contribution in [1.29, 1.82) is 0 Å². The number of rotatable bonds is 5. The number of hydrogen-bond acceptors (Lipinski definition) is 4. The summed E-state index contributed by atoms with van der Waals surface area (Å²) in [5.41, 5.74) is 0.408. The number of aromatic nitrogens is 1. The van der Waals surface area contributed by atoms with Crippen LogP contribution in [0.1, 0.15) is 36.2 Å². The fourth-order valence-electron chi connectivity index (χ4n) is 2.70. The van der Waals surface area contributed by atoms with Crippen LogP contribution >= 0.6 is 0 Å². The molecule has 132 valence electrons. The summed E-state index contributed by atoms with van der Waals surface area (Å²) in [6.45, 7) is 4.86. The van der Waals surface area contributed by atoms with Gasteiger partial charge < -0.3 is 14.8 Å². The molecule has 25 heavy (non-hydrogen) atoms. The molecule has 1 saturated heterocycles. The maximum absolute atomic E-state index is 13.5. The summed E-state index contributed by atoms with van der Waals surface area (Å²) in [5, 5.41) is 2.92. The van der Waals surface area contributed by atoms with E-state index in [9.17, 15) is 9.18 Å². The Labute approximate surface area is 146 Å². The van der Waals surface area contributed by atoms with Crippen molar-refractivity contribution in [3.8, 4) is 5.88 Å². The van der Waals surface area contributed by atoms with Crippen molar-refractivity contribution in [2.75, 3.05) is 13.2 Å². The highest BCUT2D eigenvalue weighted by atomic mass is 19.1. The highest BCUT2D eigenvalue weighted by Gasteiger charge is 2.24. The van der Waals surface area contributed by atoms with E-state index in [1.807, 2.05) is 13.8 Å². The number of carbonyl (C=O) groups is 1. The van der Waals surface area contributed by atoms with E-state index in [2.05, 4.69) is 10.3 Å². The van der Waals surface area contributed by atoms with Crippen LogP contribution in [-0.4, -0.2) is 30.2 Å². The molecule has 1 amide bonds. The van der Waals surface area contributed by atoms with Crippen LogP contribution in [0.5, 0.6) is 5.88 Å². The summed E-state index contributed by atoms with van der Waals surface area (Å²) >= 11 is 0. The first-order valence-electron chi connectivity index (χ1n) is 8.23. The lowest BCUT2D eigenvalue weighted by Crippen LogP contribution is -2.41. The Hall–Kier alpha value is -2.47. The van der Waals surface area contributed by atoms with E-state index in [1.165, 1.54) is 18.3 Å². The number of amides is 1. The van der Waals surface area contributed by atoms with Gasteiger partial charge >= 0.3 is 0 Å². The van der Waals surface area contributed by atoms with Crippen LogP contribution in [0.25, 0.3) is 0 Å². The van der Waals surface area contributed by atoms with Gasteiger partial charge in [0.25, 0.3) is 5.91 Å². The van der Waals surface area contributed by atoms with Crippen LogP contribution in [0.2, 0.25) is 0 Å². The zero-order valence-electron chi connectivity index (χ0n) is 14.3. The van der Waals surface area contributed by atoms with E-state index in [4.69, 9.17) is 9.47 Å². The molecule has 2 aromatic rings. The minimum Gasteiger partial charge on any atom is -0.472 e. The fourth-order valence-corrected chi connectivity index (χ4v) is 2.70. The molecule has 3 rings (SSSR count). The summed E-state index contributed by atoms with van der Waals surface area (Å²) in [7, 11) is 0. The lowest BCUT2D eigenvalue weighted by Gasteiger charge is -2.27. The topological polar surface area (TPSA) is 60.5 Å². The molecule has 1 N–H and O–H groups in total. The predicted octanol–water partition coefficient (Wildman–Crippen LogP) is 3.05. The molecular formula is C19H21FN2O3. The van der Waals surface area contributed by atoms with E-state index in [-0.39, 0.29) is 17.8 Å². The number of hydrogen-bond donors (Lipinski definition) is 1. The van der Waals surface area contributed by atoms with E-state index in [0.717, 1.165) is 6.42 Å². The van der Waals surface area contributed by atoms with Gasteiger partial charge in [0.15, 0.2) is 0 Å². The largest absolute Gasteiger partial charge is 0.472 e. The van der Waals surface area contributed by atoms with Gasteiger partial charge in [-0.15, -0.1) is 0 Å². The number of halogens is 1. The van der Waals surface area contributed by atoms with Crippen molar-refractivity contribution in [2.24, 2.45) is 0 Å². The normalized spacial score (nSPS) is 17.3. The van der Waals surface area contributed by atoms with Crippen LogP contribution in [0, 0.1) is 5.82 Å². The lowest BCUT2D eigenvalue weighted by atomic mass is 9.94. The molecule has 1 aliphatic heterocycles. The molecular weight excluding hydrogens is 323 g/mol. The molecule has 1 atom stereocenters. The molecule has 2 heterocycles. The second-order valence-electron chi connectivity index (χ2n) is 6.58. The number of pyridine rings is 1. The molecule has 1 aromatic heterocycles. The Bertz CT molecular complexity index is 758. The maximum Gasteiger partial charge on any atom is 0.252 e. The molecule has 6 heteroatoms. The second-order valence-corrected chi connectivity index (χ2v) is 6.58. The molecule has 1 aliphatic rings. The number of benzene rings is 1. The summed E-state index contributed by atoms with van der Waals surface area (Å²) in [5.74, 6) is -0.214. The lowest BCUT2D eigenvalue weighted by molar-refractivity contribution is 0.0910. The van der Waals surface area contributed by atoms with Crippen molar-refractivity contribution in [1.82, 2.24) is 10.3 Å². The van der Waals surface area contributed by atoms with Gasteiger partial charge in [-0.1, -0.05) is 12.1 Å². The highest BCUT2D eigenvalue weighted by molar-refractivity contribution is 5.94. The minimum atomic E-state index is -0.719. The Morgan fingerprint density at radius 1 is 1.36 bits per heavy atom. The summed E-state index contributed by atoms with van der Waals surface area (Å²) < 4.78 is 24.5. The molecule has 1 aromatic carbocycles. The summed E-state index contributed by atoms with van der Waals surface area (Å²) in [4.78, 5) is 16.7. The van der Waals surface area contributed by atoms with Gasteiger partial charge in [-0.2, -0.15) is 0 Å². The van der Waals surface area contributed by atoms with Crippen LogP contribution < -0.4 is 10.1 Å². The Balaban J connectivity index is 1.72. The molecule has 0 bridgehead atoms. The van der Waals surface area contributed by atoms with Gasteiger partial charge in [-0.25, -0.2) is 9.37 Å². The first-order chi connectivity index (χ1) is 11.9. The third kappa shape index (κ3) is 4.33. The molecule has 1 fully saturated rings. The van der Waals surface area contributed by atoms with Gasteiger partial charge in [0, 0.05) is 24.2 Å². The Morgan fingerprint density at radius 2 is 2.20 bits per heavy atom. The molecule has 1 unspecified atom stereocenters. The SMILES string of the molecule is CC(C)(NC(=O)c1ccnc(OC2CCOC2)c1)c1cccc(F)c1. The number of carbonyl (C=O) groups excluding carboxylic acids is 1. The average molecular weight is 344 g/mol. The Kier molecular flexibility index (Phi) is 4.99. The van der Waals surface area contributed by atoms with E-state index < -0.39 is 5.54 Å². The Morgan fingerprint density at radius 3 is 2.92 bits per heavy atom. The van der Waals surface area contributed by atoms with Crippen LogP contribution in [0.3, 0.4) is 0 Å². The van der Waals surface area contributed by atoms with E-state index >= 15 is 0 Å². The van der Waals surface area contributed by atoms with Crippen molar-refractivity contribution in [3.05, 3.63) is 59.5 Å². The molecule has 0 radical (unpaired) electrons. The quantitative estimate of drug-likeness (QED) is 0.906. The third-order valence-corrected chi connectivity index (χ3v) is 4.14. The maximum atomic E-state index is 13.5.